The highest BCUT2D eigenvalue weighted by atomic mass is 16.6. The van der Waals surface area contributed by atoms with Crippen molar-refractivity contribution in [1.29, 1.82) is 0 Å². The molecule has 0 aromatic heterocycles. The van der Waals surface area contributed by atoms with Crippen LogP contribution in [0.4, 0.5) is 0 Å². The van der Waals surface area contributed by atoms with Crippen molar-refractivity contribution >= 4 is 6.21 Å². The van der Waals surface area contributed by atoms with Crippen LogP contribution < -0.4 is 0 Å². The molecule has 6 nitrogen and oxygen atoms in total. The van der Waals surface area contributed by atoms with Crippen molar-refractivity contribution in [2.75, 3.05) is 6.61 Å². The van der Waals surface area contributed by atoms with Crippen LogP contribution in [0.5, 0.6) is 0 Å². The van der Waals surface area contributed by atoms with Gasteiger partial charge in [-0.15, -0.1) is 0 Å². The van der Waals surface area contributed by atoms with Gasteiger partial charge in [-0.2, -0.15) is 0 Å². The molecule has 0 radical (unpaired) electrons. The van der Waals surface area contributed by atoms with E-state index < -0.39 is 24.4 Å². The van der Waals surface area contributed by atoms with E-state index in [1.54, 1.807) is 0 Å². The fourth-order valence-corrected chi connectivity index (χ4v) is 1.12. The van der Waals surface area contributed by atoms with Crippen molar-refractivity contribution in [2.45, 2.75) is 24.4 Å². The van der Waals surface area contributed by atoms with Gasteiger partial charge in [0.15, 0.2) is 0 Å². The zero-order valence-electron chi connectivity index (χ0n) is 6.24. The third-order valence-electron chi connectivity index (χ3n) is 1.79. The van der Waals surface area contributed by atoms with Crippen LogP contribution in [0.1, 0.15) is 0 Å². The Kier molecular flexibility index (Phi) is 2.99. The molecule has 0 aliphatic carbocycles. The Bertz CT molecular complexity index is 173. The Labute approximate surface area is 68.7 Å². The van der Waals surface area contributed by atoms with Gasteiger partial charge in [0.05, 0.1) is 12.8 Å². The van der Waals surface area contributed by atoms with Crippen molar-refractivity contribution in [3.05, 3.63) is 0 Å². The summed E-state index contributed by atoms with van der Waals surface area (Å²) < 4.78 is 4.92. The number of hydrogen-bond donors (Lipinski definition) is 4. The fourth-order valence-electron chi connectivity index (χ4n) is 1.12. The molecule has 6 heteroatoms. The summed E-state index contributed by atoms with van der Waals surface area (Å²) in [6.07, 6.45) is -3.01. The molecule has 1 heterocycles. The average molecular weight is 177 g/mol. The van der Waals surface area contributed by atoms with Crippen molar-refractivity contribution in [1.82, 2.24) is 0 Å². The first-order chi connectivity index (χ1) is 5.70. The molecule has 1 fully saturated rings. The highest BCUT2D eigenvalue weighted by molar-refractivity contribution is 5.64. The van der Waals surface area contributed by atoms with Crippen molar-refractivity contribution < 1.29 is 25.3 Å². The molecule has 70 valence electrons. The summed E-state index contributed by atoms with van der Waals surface area (Å²) in [4.78, 5) is 0. The topological polar surface area (TPSA) is 103 Å². The standard InChI is InChI=1S/C6H11NO5/c8-2-4-6(10)5(9)3(12-4)1-7-11/h1,3-6,8-11H,2H2/b7-1+/t3-,4-,5-,6-/m1/s1. The molecule has 1 saturated heterocycles. The summed E-state index contributed by atoms with van der Waals surface area (Å²) in [7, 11) is 0. The van der Waals surface area contributed by atoms with Crippen LogP contribution >= 0.6 is 0 Å². The van der Waals surface area contributed by atoms with E-state index in [9.17, 15) is 10.2 Å². The van der Waals surface area contributed by atoms with E-state index in [1.807, 2.05) is 0 Å². The van der Waals surface area contributed by atoms with Gasteiger partial charge in [-0.3, -0.25) is 0 Å². The first kappa shape index (κ1) is 9.40. The molecule has 0 unspecified atom stereocenters. The van der Waals surface area contributed by atoms with Crippen molar-refractivity contribution in [3.8, 4) is 0 Å². The lowest BCUT2D eigenvalue weighted by atomic mass is 10.1. The van der Waals surface area contributed by atoms with Crippen LogP contribution in [0.15, 0.2) is 5.16 Å². The molecule has 12 heavy (non-hydrogen) atoms. The Morgan fingerprint density at radius 2 is 2.00 bits per heavy atom. The highest BCUT2D eigenvalue weighted by Gasteiger charge is 2.41. The minimum atomic E-state index is -1.15. The van der Waals surface area contributed by atoms with Gasteiger partial charge in [0.25, 0.3) is 0 Å². The van der Waals surface area contributed by atoms with E-state index in [0.717, 1.165) is 6.21 Å². The number of nitrogens with zero attached hydrogens (tertiary/aromatic N) is 1. The van der Waals surface area contributed by atoms with E-state index in [4.69, 9.17) is 15.1 Å². The zero-order chi connectivity index (χ0) is 9.14. The molecular weight excluding hydrogens is 166 g/mol. The molecule has 4 N–H and O–H groups in total. The molecule has 0 saturated carbocycles. The summed E-state index contributed by atoms with van der Waals surface area (Å²) in [5.74, 6) is 0. The van der Waals surface area contributed by atoms with Crippen molar-refractivity contribution in [2.24, 2.45) is 5.16 Å². The lowest BCUT2D eigenvalue weighted by Crippen LogP contribution is -2.34. The molecular formula is C6H11NO5. The normalized spacial score (nSPS) is 42.6. The predicted molar refractivity (Wildman–Crippen MR) is 38.0 cm³/mol. The first-order valence-corrected chi connectivity index (χ1v) is 3.50. The van der Waals surface area contributed by atoms with Gasteiger partial charge in [0.2, 0.25) is 0 Å². The number of aliphatic hydroxyl groups excluding tert-OH is 3. The summed E-state index contributed by atoms with van der Waals surface area (Å²) in [5, 5.41) is 37.8. The molecule has 0 spiro atoms. The molecule has 0 aromatic carbocycles. The number of aliphatic hydroxyl groups is 3. The smallest absolute Gasteiger partial charge is 0.125 e. The zero-order valence-corrected chi connectivity index (χ0v) is 6.24. The van der Waals surface area contributed by atoms with Crippen LogP contribution in [-0.4, -0.2) is 57.8 Å². The Morgan fingerprint density at radius 3 is 2.42 bits per heavy atom. The monoisotopic (exact) mass is 177 g/mol. The van der Waals surface area contributed by atoms with Gasteiger partial charge in [-0.1, -0.05) is 5.16 Å². The first-order valence-electron chi connectivity index (χ1n) is 3.50. The molecule has 4 atom stereocenters. The maximum absolute atomic E-state index is 9.20. The number of oxime groups is 1. The van der Waals surface area contributed by atoms with Gasteiger partial charge in [0.1, 0.15) is 24.4 Å². The molecule has 0 bridgehead atoms. The molecule has 1 aliphatic rings. The minimum Gasteiger partial charge on any atom is -0.411 e. The van der Waals surface area contributed by atoms with Gasteiger partial charge < -0.3 is 25.3 Å². The summed E-state index contributed by atoms with van der Waals surface area (Å²) in [6.45, 7) is -0.381. The number of ether oxygens (including phenoxy) is 1. The largest absolute Gasteiger partial charge is 0.411 e. The van der Waals surface area contributed by atoms with Gasteiger partial charge in [-0.25, -0.2) is 0 Å². The van der Waals surface area contributed by atoms with Crippen LogP contribution in [-0.2, 0) is 4.74 Å². The SMILES string of the molecule is OC[C@H]1O[C@H](/C=N/O)[C@@H](O)[C@@H]1O. The third kappa shape index (κ3) is 1.56. The van der Waals surface area contributed by atoms with Crippen LogP contribution in [0.2, 0.25) is 0 Å². The highest BCUT2D eigenvalue weighted by Crippen LogP contribution is 2.19. The van der Waals surface area contributed by atoms with E-state index in [0.29, 0.717) is 0 Å². The Balaban J connectivity index is 2.60. The summed E-state index contributed by atoms with van der Waals surface area (Å²) >= 11 is 0. The van der Waals surface area contributed by atoms with Crippen LogP contribution in [0.3, 0.4) is 0 Å². The Hall–Kier alpha value is -0.690. The lowest BCUT2D eigenvalue weighted by Gasteiger charge is -2.10. The van der Waals surface area contributed by atoms with Gasteiger partial charge in [-0.05, 0) is 0 Å². The minimum absolute atomic E-state index is 0.381. The molecule has 1 rings (SSSR count). The van der Waals surface area contributed by atoms with E-state index in [1.165, 1.54) is 0 Å². The lowest BCUT2D eigenvalue weighted by molar-refractivity contribution is -0.00975. The van der Waals surface area contributed by atoms with E-state index in [2.05, 4.69) is 5.16 Å². The third-order valence-corrected chi connectivity index (χ3v) is 1.79. The second-order valence-corrected chi connectivity index (χ2v) is 2.57. The van der Waals surface area contributed by atoms with Crippen LogP contribution in [0, 0.1) is 0 Å². The summed E-state index contributed by atoms with van der Waals surface area (Å²) in [6, 6.07) is 0. The van der Waals surface area contributed by atoms with E-state index in [-0.39, 0.29) is 6.61 Å². The second kappa shape index (κ2) is 3.81. The van der Waals surface area contributed by atoms with Gasteiger partial charge in [0, 0.05) is 0 Å². The maximum atomic E-state index is 9.20. The number of hydrogen-bond acceptors (Lipinski definition) is 6. The quantitative estimate of drug-likeness (QED) is 0.220. The average Bonchev–Trinajstić information content (AvgIpc) is 2.33. The summed E-state index contributed by atoms with van der Waals surface area (Å²) in [5.41, 5.74) is 0. The molecule has 0 amide bonds. The maximum Gasteiger partial charge on any atom is 0.125 e. The van der Waals surface area contributed by atoms with Gasteiger partial charge >= 0.3 is 0 Å². The van der Waals surface area contributed by atoms with Crippen LogP contribution in [0.25, 0.3) is 0 Å². The number of rotatable bonds is 2. The molecule has 0 aromatic rings. The van der Waals surface area contributed by atoms with E-state index >= 15 is 0 Å². The Morgan fingerprint density at radius 1 is 1.33 bits per heavy atom. The predicted octanol–water partition coefficient (Wildman–Crippen LogP) is -2.07. The second-order valence-electron chi connectivity index (χ2n) is 2.57. The van der Waals surface area contributed by atoms with Crippen molar-refractivity contribution in [3.63, 3.8) is 0 Å². The molecule has 1 aliphatic heterocycles. The fraction of sp³-hybridized carbons (Fsp3) is 0.833.